The molecule has 3 heteroatoms. The predicted molar refractivity (Wildman–Crippen MR) is 76.4 cm³/mol. The highest BCUT2D eigenvalue weighted by Crippen LogP contribution is 2.30. The molecule has 0 saturated heterocycles. The van der Waals surface area contributed by atoms with Crippen molar-refractivity contribution < 1.29 is 0 Å². The number of pyridine rings is 1. The van der Waals surface area contributed by atoms with Crippen molar-refractivity contribution in [1.82, 2.24) is 9.88 Å². The van der Waals surface area contributed by atoms with Crippen LogP contribution in [0.5, 0.6) is 0 Å². The molecule has 0 radical (unpaired) electrons. The van der Waals surface area contributed by atoms with E-state index in [0.717, 1.165) is 41.6 Å². The number of anilines is 1. The second-order valence-corrected chi connectivity index (χ2v) is 5.98. The number of nitrogens with zero attached hydrogens (tertiary/aromatic N) is 2. The minimum absolute atomic E-state index is 0.703. The molecular formula is C15H25N3. The zero-order valence-corrected chi connectivity index (χ0v) is 12.0. The van der Waals surface area contributed by atoms with Crippen molar-refractivity contribution in [2.24, 2.45) is 5.92 Å². The molecule has 0 amide bonds. The van der Waals surface area contributed by atoms with Crippen LogP contribution in [0.2, 0.25) is 0 Å². The number of aromatic nitrogens is 1. The molecule has 1 aliphatic rings. The summed E-state index contributed by atoms with van der Waals surface area (Å²) in [6.45, 7) is 10.8. The molecule has 1 aromatic heterocycles. The van der Waals surface area contributed by atoms with E-state index in [1.165, 1.54) is 12.8 Å². The molecule has 0 atom stereocenters. The first-order valence-corrected chi connectivity index (χ1v) is 6.93. The lowest BCUT2D eigenvalue weighted by molar-refractivity contribution is 0.223. The maximum absolute atomic E-state index is 6.09. The second-order valence-electron chi connectivity index (χ2n) is 5.98. The minimum atomic E-state index is 0.703. The van der Waals surface area contributed by atoms with Gasteiger partial charge in [-0.25, -0.2) is 0 Å². The Morgan fingerprint density at radius 1 is 1.39 bits per heavy atom. The van der Waals surface area contributed by atoms with Crippen LogP contribution in [-0.4, -0.2) is 22.5 Å². The SMILES string of the molecule is Cc1cnc(CN(CC(C)C)C2CC2)c(C)c1N. The number of hydrogen-bond acceptors (Lipinski definition) is 3. The zero-order valence-electron chi connectivity index (χ0n) is 12.0. The summed E-state index contributed by atoms with van der Waals surface area (Å²) in [5.41, 5.74) is 10.4. The maximum Gasteiger partial charge on any atom is 0.0593 e. The molecule has 1 saturated carbocycles. The molecule has 0 aromatic carbocycles. The van der Waals surface area contributed by atoms with Gasteiger partial charge in [0.25, 0.3) is 0 Å². The third kappa shape index (κ3) is 3.02. The van der Waals surface area contributed by atoms with E-state index in [4.69, 9.17) is 5.73 Å². The first-order chi connectivity index (χ1) is 8.49. The van der Waals surface area contributed by atoms with Gasteiger partial charge >= 0.3 is 0 Å². The Bertz CT molecular complexity index is 422. The summed E-state index contributed by atoms with van der Waals surface area (Å²) in [6.07, 6.45) is 4.58. The highest BCUT2D eigenvalue weighted by atomic mass is 15.2. The van der Waals surface area contributed by atoms with Crippen LogP contribution >= 0.6 is 0 Å². The average molecular weight is 247 g/mol. The molecule has 1 heterocycles. The summed E-state index contributed by atoms with van der Waals surface area (Å²) in [4.78, 5) is 7.14. The summed E-state index contributed by atoms with van der Waals surface area (Å²) < 4.78 is 0. The van der Waals surface area contributed by atoms with E-state index in [0.29, 0.717) is 5.92 Å². The highest BCUT2D eigenvalue weighted by Gasteiger charge is 2.29. The summed E-state index contributed by atoms with van der Waals surface area (Å²) in [6, 6.07) is 0.774. The Morgan fingerprint density at radius 2 is 2.06 bits per heavy atom. The molecule has 2 rings (SSSR count). The first kappa shape index (κ1) is 13.3. The van der Waals surface area contributed by atoms with Gasteiger partial charge in [0, 0.05) is 31.0 Å². The van der Waals surface area contributed by atoms with E-state index in [1.54, 1.807) is 0 Å². The standard InChI is InChI=1S/C15H25N3/c1-10(2)8-18(13-5-6-13)9-14-12(4)15(16)11(3)7-17-14/h7,10,13H,5-6,8-9H2,1-4H3,(H2,16,17). The van der Waals surface area contributed by atoms with Crippen molar-refractivity contribution in [1.29, 1.82) is 0 Å². The lowest BCUT2D eigenvalue weighted by atomic mass is 10.1. The van der Waals surface area contributed by atoms with Crippen LogP contribution in [0.15, 0.2) is 6.20 Å². The Labute approximate surface area is 110 Å². The van der Waals surface area contributed by atoms with Crippen molar-refractivity contribution in [2.45, 2.75) is 53.1 Å². The van der Waals surface area contributed by atoms with Crippen molar-refractivity contribution in [3.8, 4) is 0 Å². The van der Waals surface area contributed by atoms with E-state index < -0.39 is 0 Å². The zero-order chi connectivity index (χ0) is 13.3. The quantitative estimate of drug-likeness (QED) is 0.870. The topological polar surface area (TPSA) is 42.2 Å². The molecule has 18 heavy (non-hydrogen) atoms. The molecule has 0 unspecified atom stereocenters. The molecule has 0 bridgehead atoms. The molecule has 1 aliphatic carbocycles. The van der Waals surface area contributed by atoms with E-state index >= 15 is 0 Å². The first-order valence-electron chi connectivity index (χ1n) is 6.93. The lowest BCUT2D eigenvalue weighted by Crippen LogP contribution is -2.30. The van der Waals surface area contributed by atoms with E-state index in [2.05, 4.69) is 30.7 Å². The molecule has 1 aromatic rings. The molecular weight excluding hydrogens is 222 g/mol. The normalized spacial score (nSPS) is 15.7. The molecule has 100 valence electrons. The third-order valence-electron chi connectivity index (χ3n) is 3.69. The monoisotopic (exact) mass is 247 g/mol. The van der Waals surface area contributed by atoms with Crippen LogP contribution in [0.1, 0.15) is 43.5 Å². The average Bonchev–Trinajstić information content (AvgIpc) is 3.12. The van der Waals surface area contributed by atoms with Gasteiger partial charge in [-0.3, -0.25) is 9.88 Å². The Balaban J connectivity index is 2.13. The Hall–Kier alpha value is -1.09. The number of hydrogen-bond donors (Lipinski definition) is 1. The lowest BCUT2D eigenvalue weighted by Gasteiger charge is -2.24. The molecule has 1 fully saturated rings. The van der Waals surface area contributed by atoms with Crippen molar-refractivity contribution >= 4 is 5.69 Å². The van der Waals surface area contributed by atoms with Crippen LogP contribution in [0, 0.1) is 19.8 Å². The van der Waals surface area contributed by atoms with Gasteiger partial charge in [0.1, 0.15) is 0 Å². The van der Waals surface area contributed by atoms with Crippen molar-refractivity contribution in [3.63, 3.8) is 0 Å². The van der Waals surface area contributed by atoms with Crippen LogP contribution < -0.4 is 5.73 Å². The van der Waals surface area contributed by atoms with Gasteiger partial charge in [-0.2, -0.15) is 0 Å². The Kier molecular flexibility index (Phi) is 3.91. The van der Waals surface area contributed by atoms with Crippen LogP contribution in [-0.2, 0) is 6.54 Å². The largest absolute Gasteiger partial charge is 0.398 e. The number of nitrogen functional groups attached to an aromatic ring is 1. The van der Waals surface area contributed by atoms with Crippen molar-refractivity contribution in [2.75, 3.05) is 12.3 Å². The predicted octanol–water partition coefficient (Wildman–Crippen LogP) is 2.90. The Morgan fingerprint density at radius 3 is 2.61 bits per heavy atom. The number of nitrogens with two attached hydrogens (primary N) is 1. The molecule has 3 nitrogen and oxygen atoms in total. The molecule has 0 aliphatic heterocycles. The maximum atomic E-state index is 6.09. The minimum Gasteiger partial charge on any atom is -0.398 e. The number of aryl methyl sites for hydroxylation is 1. The van der Waals surface area contributed by atoms with Gasteiger partial charge in [0.05, 0.1) is 5.69 Å². The summed E-state index contributed by atoms with van der Waals surface area (Å²) in [7, 11) is 0. The molecule has 2 N–H and O–H groups in total. The van der Waals surface area contributed by atoms with Crippen LogP contribution in [0.3, 0.4) is 0 Å². The van der Waals surface area contributed by atoms with Gasteiger partial charge < -0.3 is 5.73 Å². The van der Waals surface area contributed by atoms with Crippen LogP contribution in [0.25, 0.3) is 0 Å². The van der Waals surface area contributed by atoms with Crippen LogP contribution in [0.4, 0.5) is 5.69 Å². The second kappa shape index (κ2) is 5.27. The summed E-state index contributed by atoms with van der Waals surface area (Å²) in [5, 5.41) is 0. The van der Waals surface area contributed by atoms with Gasteiger partial charge in [-0.05, 0) is 43.7 Å². The fraction of sp³-hybridized carbons (Fsp3) is 0.667. The van der Waals surface area contributed by atoms with Gasteiger partial charge in [0.2, 0.25) is 0 Å². The van der Waals surface area contributed by atoms with E-state index in [9.17, 15) is 0 Å². The highest BCUT2D eigenvalue weighted by molar-refractivity contribution is 5.53. The third-order valence-corrected chi connectivity index (χ3v) is 3.69. The van der Waals surface area contributed by atoms with Gasteiger partial charge in [-0.15, -0.1) is 0 Å². The van der Waals surface area contributed by atoms with Gasteiger partial charge in [0.15, 0.2) is 0 Å². The van der Waals surface area contributed by atoms with E-state index in [-0.39, 0.29) is 0 Å². The van der Waals surface area contributed by atoms with Crippen molar-refractivity contribution in [3.05, 3.63) is 23.0 Å². The number of rotatable bonds is 5. The molecule has 0 spiro atoms. The van der Waals surface area contributed by atoms with Gasteiger partial charge in [-0.1, -0.05) is 13.8 Å². The fourth-order valence-corrected chi connectivity index (χ4v) is 2.40. The smallest absolute Gasteiger partial charge is 0.0593 e. The van der Waals surface area contributed by atoms with E-state index in [1.807, 2.05) is 13.1 Å². The summed E-state index contributed by atoms with van der Waals surface area (Å²) in [5.74, 6) is 0.703. The summed E-state index contributed by atoms with van der Waals surface area (Å²) >= 11 is 0. The fourth-order valence-electron chi connectivity index (χ4n) is 2.40.